The number of rotatable bonds is 4. The lowest BCUT2D eigenvalue weighted by molar-refractivity contribution is -0.0310. The zero-order chi connectivity index (χ0) is 14.6. The molecule has 1 N–H and O–H groups in total. The first kappa shape index (κ1) is 14.4. The number of hydrogen-bond acceptors (Lipinski definition) is 3. The van der Waals surface area contributed by atoms with Crippen LogP contribution in [0.4, 0.5) is 4.79 Å². The number of terminal acetylenes is 1. The number of amides is 1. The first-order valence-corrected chi connectivity index (χ1v) is 6.84. The van der Waals surface area contributed by atoms with Gasteiger partial charge in [-0.2, -0.15) is 0 Å². The summed E-state index contributed by atoms with van der Waals surface area (Å²) in [6.45, 7) is 2.87. The van der Waals surface area contributed by atoms with E-state index in [2.05, 4.69) is 17.3 Å². The molecule has 0 radical (unpaired) electrons. The van der Waals surface area contributed by atoms with Crippen LogP contribution in [0.15, 0.2) is 24.3 Å². The lowest BCUT2D eigenvalue weighted by atomic mass is 10.0. The van der Waals surface area contributed by atoms with E-state index in [-0.39, 0.29) is 6.09 Å². The molecule has 0 bridgehead atoms. The molecule has 1 aliphatic rings. The number of hydrogen-bond donors (Lipinski definition) is 1. The van der Waals surface area contributed by atoms with Gasteiger partial charge in [-0.25, -0.2) is 4.79 Å². The number of aryl methyl sites for hydroxylation is 1. The van der Waals surface area contributed by atoms with Gasteiger partial charge in [0.25, 0.3) is 0 Å². The van der Waals surface area contributed by atoms with E-state index in [4.69, 9.17) is 11.2 Å². The molecule has 4 nitrogen and oxygen atoms in total. The number of carbonyl (C=O) groups is 1. The van der Waals surface area contributed by atoms with Crippen LogP contribution in [-0.4, -0.2) is 31.1 Å². The minimum Gasteiger partial charge on any atom is -0.423 e. The molecule has 2 rings (SSSR count). The van der Waals surface area contributed by atoms with E-state index in [0.717, 1.165) is 12.0 Å². The fourth-order valence-electron chi connectivity index (χ4n) is 2.45. The molecule has 0 saturated carbocycles. The number of benzene rings is 1. The second-order valence-electron chi connectivity index (χ2n) is 4.92. The second kappa shape index (κ2) is 5.98. The minimum atomic E-state index is -0.802. The maximum Gasteiger partial charge on any atom is 0.411 e. The molecule has 106 valence electrons. The molecule has 4 heteroatoms. The third-order valence-electron chi connectivity index (χ3n) is 3.72. The quantitative estimate of drug-likeness (QED) is 0.674. The van der Waals surface area contributed by atoms with E-state index in [9.17, 15) is 4.79 Å². The van der Waals surface area contributed by atoms with Gasteiger partial charge in [0.15, 0.2) is 5.72 Å². The summed E-state index contributed by atoms with van der Waals surface area (Å²) < 4.78 is 5.76. The van der Waals surface area contributed by atoms with Crippen LogP contribution in [0, 0.1) is 12.3 Å². The first-order chi connectivity index (χ1) is 9.63. The van der Waals surface area contributed by atoms with Crippen molar-refractivity contribution in [1.82, 2.24) is 10.2 Å². The summed E-state index contributed by atoms with van der Waals surface area (Å²) in [5.41, 5.74) is 1.40. The molecule has 0 heterocycles. The van der Waals surface area contributed by atoms with Crippen LogP contribution >= 0.6 is 0 Å². The highest BCUT2D eigenvalue weighted by Crippen LogP contribution is 2.38. The van der Waals surface area contributed by atoms with Crippen molar-refractivity contribution in [3.8, 4) is 12.3 Å². The first-order valence-electron chi connectivity index (χ1n) is 6.84. The number of nitrogens with one attached hydrogen (secondary N) is 1. The van der Waals surface area contributed by atoms with Crippen molar-refractivity contribution in [2.75, 3.05) is 20.1 Å². The van der Waals surface area contributed by atoms with Crippen LogP contribution in [0.1, 0.15) is 24.5 Å². The summed E-state index contributed by atoms with van der Waals surface area (Å²) in [7, 11) is 1.72. The molecule has 1 aromatic carbocycles. The van der Waals surface area contributed by atoms with Crippen molar-refractivity contribution < 1.29 is 9.53 Å². The monoisotopic (exact) mass is 272 g/mol. The molecule has 0 spiro atoms. The maximum atomic E-state index is 12.1. The Morgan fingerprint density at radius 3 is 3.00 bits per heavy atom. The second-order valence-corrected chi connectivity index (χ2v) is 4.92. The molecule has 1 amide bonds. The SMILES string of the molecule is C#CCNC1(OC(=O)N(C)CC)CCc2ccccc21. The molecule has 20 heavy (non-hydrogen) atoms. The summed E-state index contributed by atoms with van der Waals surface area (Å²) >= 11 is 0. The van der Waals surface area contributed by atoms with Crippen LogP contribution in [0.5, 0.6) is 0 Å². The van der Waals surface area contributed by atoms with Gasteiger partial charge in [-0.1, -0.05) is 30.2 Å². The van der Waals surface area contributed by atoms with Gasteiger partial charge in [0.2, 0.25) is 0 Å². The van der Waals surface area contributed by atoms with E-state index in [0.29, 0.717) is 19.5 Å². The summed E-state index contributed by atoms with van der Waals surface area (Å²) in [5, 5.41) is 3.21. The number of ether oxygens (including phenoxy) is 1. The molecule has 0 aliphatic heterocycles. The zero-order valence-corrected chi connectivity index (χ0v) is 12.0. The number of nitrogens with zero attached hydrogens (tertiary/aromatic N) is 1. The van der Waals surface area contributed by atoms with Crippen molar-refractivity contribution in [3.05, 3.63) is 35.4 Å². The Bertz CT molecular complexity index is 536. The Labute approximate surface area is 120 Å². The Hall–Kier alpha value is -1.99. The van der Waals surface area contributed by atoms with Crippen molar-refractivity contribution in [2.24, 2.45) is 0 Å². The van der Waals surface area contributed by atoms with Gasteiger partial charge >= 0.3 is 6.09 Å². The Morgan fingerprint density at radius 1 is 1.55 bits per heavy atom. The van der Waals surface area contributed by atoms with E-state index in [1.807, 2.05) is 25.1 Å². The van der Waals surface area contributed by atoms with Crippen LogP contribution in [-0.2, 0) is 16.9 Å². The molecule has 1 aromatic rings. The minimum absolute atomic E-state index is 0.339. The third kappa shape index (κ3) is 2.63. The van der Waals surface area contributed by atoms with Crippen LogP contribution in [0.3, 0.4) is 0 Å². The standard InChI is InChI=1S/C16H20N2O2/c1-4-12-17-16(20-15(19)18(3)5-2)11-10-13-8-6-7-9-14(13)16/h1,6-9,17H,5,10-12H2,2-3H3. The van der Waals surface area contributed by atoms with E-state index >= 15 is 0 Å². The van der Waals surface area contributed by atoms with Gasteiger partial charge in [-0.15, -0.1) is 6.42 Å². The summed E-state index contributed by atoms with van der Waals surface area (Å²) in [5.74, 6) is 2.55. The summed E-state index contributed by atoms with van der Waals surface area (Å²) in [6.07, 6.45) is 6.58. The van der Waals surface area contributed by atoms with Crippen LogP contribution < -0.4 is 5.32 Å². The average molecular weight is 272 g/mol. The van der Waals surface area contributed by atoms with E-state index in [1.54, 1.807) is 11.9 Å². The largest absolute Gasteiger partial charge is 0.423 e. The molecule has 0 aromatic heterocycles. The molecule has 0 saturated heterocycles. The highest BCUT2D eigenvalue weighted by atomic mass is 16.6. The van der Waals surface area contributed by atoms with Crippen molar-refractivity contribution >= 4 is 6.09 Å². The molecular weight excluding hydrogens is 252 g/mol. The van der Waals surface area contributed by atoms with Gasteiger partial charge in [-0.3, -0.25) is 5.32 Å². The Kier molecular flexibility index (Phi) is 4.31. The van der Waals surface area contributed by atoms with Gasteiger partial charge in [-0.05, 0) is 18.9 Å². The van der Waals surface area contributed by atoms with E-state index < -0.39 is 5.72 Å². The molecule has 0 fully saturated rings. The molecule has 1 unspecified atom stereocenters. The topological polar surface area (TPSA) is 41.6 Å². The lowest BCUT2D eigenvalue weighted by Gasteiger charge is -2.32. The smallest absolute Gasteiger partial charge is 0.411 e. The average Bonchev–Trinajstić information content (AvgIpc) is 2.84. The predicted molar refractivity (Wildman–Crippen MR) is 78.1 cm³/mol. The number of fused-ring (bicyclic) bond motifs is 1. The van der Waals surface area contributed by atoms with Crippen molar-refractivity contribution in [3.63, 3.8) is 0 Å². The van der Waals surface area contributed by atoms with Crippen molar-refractivity contribution in [1.29, 1.82) is 0 Å². The van der Waals surface area contributed by atoms with Gasteiger partial charge < -0.3 is 9.64 Å². The summed E-state index contributed by atoms with van der Waals surface area (Å²) in [4.78, 5) is 13.7. The number of carbonyl (C=O) groups excluding carboxylic acids is 1. The normalized spacial score (nSPS) is 20.1. The highest BCUT2D eigenvalue weighted by molar-refractivity contribution is 5.68. The van der Waals surface area contributed by atoms with E-state index in [1.165, 1.54) is 5.56 Å². The van der Waals surface area contributed by atoms with Crippen LogP contribution in [0.25, 0.3) is 0 Å². The molecule has 1 aliphatic carbocycles. The fourth-order valence-corrected chi connectivity index (χ4v) is 2.45. The lowest BCUT2D eigenvalue weighted by Crippen LogP contribution is -2.47. The molecule has 1 atom stereocenters. The Balaban J connectivity index is 2.29. The van der Waals surface area contributed by atoms with Crippen molar-refractivity contribution in [2.45, 2.75) is 25.5 Å². The summed E-state index contributed by atoms with van der Waals surface area (Å²) in [6, 6.07) is 8.00. The predicted octanol–water partition coefficient (Wildman–Crippen LogP) is 2.10. The highest BCUT2D eigenvalue weighted by Gasteiger charge is 2.42. The third-order valence-corrected chi connectivity index (χ3v) is 3.72. The maximum absolute atomic E-state index is 12.1. The van der Waals surface area contributed by atoms with Gasteiger partial charge in [0.05, 0.1) is 6.54 Å². The van der Waals surface area contributed by atoms with Crippen LogP contribution in [0.2, 0.25) is 0 Å². The van der Waals surface area contributed by atoms with Gasteiger partial charge in [0, 0.05) is 25.6 Å². The Morgan fingerprint density at radius 2 is 2.30 bits per heavy atom. The fraction of sp³-hybridized carbons (Fsp3) is 0.438. The molecular formula is C16H20N2O2. The zero-order valence-electron chi connectivity index (χ0n) is 12.0. The van der Waals surface area contributed by atoms with Gasteiger partial charge in [0.1, 0.15) is 0 Å².